The molecule has 2 N–H and O–H groups in total. The van der Waals surface area contributed by atoms with Crippen LogP contribution < -0.4 is 5.32 Å². The number of benzene rings is 1. The van der Waals surface area contributed by atoms with Gasteiger partial charge in [0.05, 0.1) is 5.56 Å². The third-order valence-corrected chi connectivity index (χ3v) is 4.65. The Morgan fingerprint density at radius 2 is 2.26 bits per heavy atom. The van der Waals surface area contributed by atoms with Gasteiger partial charge >= 0.3 is 0 Å². The van der Waals surface area contributed by atoms with Crippen LogP contribution >= 0.6 is 15.9 Å². The highest BCUT2D eigenvalue weighted by Crippen LogP contribution is 2.26. The van der Waals surface area contributed by atoms with Crippen molar-refractivity contribution < 1.29 is 9.90 Å². The first-order chi connectivity index (χ1) is 9.10. The van der Waals surface area contributed by atoms with E-state index in [1.807, 2.05) is 13.0 Å². The molecule has 3 nitrogen and oxygen atoms in total. The summed E-state index contributed by atoms with van der Waals surface area (Å²) in [6.07, 6.45) is 4.43. The average Bonchev–Trinajstić information content (AvgIpc) is 2.38. The molecule has 0 bridgehead atoms. The number of phenolic OH excluding ortho intramolecular Hbond substituents is 1. The first-order valence-electron chi connectivity index (χ1n) is 6.76. The lowest BCUT2D eigenvalue weighted by molar-refractivity contribution is 0.0919. The zero-order chi connectivity index (χ0) is 13.8. The summed E-state index contributed by atoms with van der Waals surface area (Å²) >= 11 is 3.52. The van der Waals surface area contributed by atoms with E-state index in [1.54, 1.807) is 12.1 Å². The van der Waals surface area contributed by atoms with Crippen molar-refractivity contribution in [2.45, 2.75) is 38.6 Å². The molecule has 1 aromatic carbocycles. The van der Waals surface area contributed by atoms with Gasteiger partial charge in [-0.2, -0.15) is 0 Å². The van der Waals surface area contributed by atoms with Gasteiger partial charge in [0.1, 0.15) is 5.75 Å². The molecule has 2 rings (SSSR count). The molecule has 0 radical (unpaired) electrons. The normalized spacial score (nSPS) is 23.1. The zero-order valence-electron chi connectivity index (χ0n) is 11.2. The van der Waals surface area contributed by atoms with Crippen molar-refractivity contribution in [2.24, 2.45) is 5.92 Å². The first-order valence-corrected chi connectivity index (χ1v) is 7.88. The average molecular weight is 326 g/mol. The van der Waals surface area contributed by atoms with Crippen molar-refractivity contribution in [3.63, 3.8) is 0 Å². The lowest BCUT2D eigenvalue weighted by Crippen LogP contribution is -2.38. The minimum atomic E-state index is -0.169. The SMILES string of the molecule is Cc1ccc(C(=O)NC2CCCC(CBr)C2)c(O)c1. The quantitative estimate of drug-likeness (QED) is 0.837. The van der Waals surface area contributed by atoms with Gasteiger partial charge in [0, 0.05) is 11.4 Å². The maximum Gasteiger partial charge on any atom is 0.255 e. The molecule has 1 aliphatic rings. The molecule has 104 valence electrons. The number of carbonyl (C=O) groups excluding carboxylic acids is 1. The fourth-order valence-electron chi connectivity index (χ4n) is 2.66. The van der Waals surface area contributed by atoms with Crippen molar-refractivity contribution in [1.29, 1.82) is 0 Å². The molecule has 4 heteroatoms. The Morgan fingerprint density at radius 3 is 2.95 bits per heavy atom. The van der Waals surface area contributed by atoms with Crippen LogP contribution in [0.5, 0.6) is 5.75 Å². The van der Waals surface area contributed by atoms with Crippen molar-refractivity contribution >= 4 is 21.8 Å². The van der Waals surface area contributed by atoms with Gasteiger partial charge in [-0.3, -0.25) is 4.79 Å². The van der Waals surface area contributed by atoms with E-state index in [-0.39, 0.29) is 17.7 Å². The number of aryl methyl sites for hydroxylation is 1. The Morgan fingerprint density at radius 1 is 1.47 bits per heavy atom. The molecule has 2 unspecified atom stereocenters. The Hall–Kier alpha value is -1.03. The van der Waals surface area contributed by atoms with E-state index in [2.05, 4.69) is 21.2 Å². The maximum atomic E-state index is 12.2. The molecular weight excluding hydrogens is 306 g/mol. The molecule has 2 atom stereocenters. The van der Waals surface area contributed by atoms with Crippen LogP contribution in [0.3, 0.4) is 0 Å². The van der Waals surface area contributed by atoms with Crippen LogP contribution in [0, 0.1) is 12.8 Å². The maximum absolute atomic E-state index is 12.2. The fourth-order valence-corrected chi connectivity index (χ4v) is 3.25. The highest BCUT2D eigenvalue weighted by molar-refractivity contribution is 9.09. The molecule has 1 aliphatic carbocycles. The predicted octanol–water partition coefficient (Wildman–Crippen LogP) is 3.38. The summed E-state index contributed by atoms with van der Waals surface area (Å²) in [5.41, 5.74) is 1.32. The molecule has 1 fully saturated rings. The molecular formula is C15H20BrNO2. The number of phenols is 1. The highest BCUT2D eigenvalue weighted by Gasteiger charge is 2.23. The number of hydrogen-bond donors (Lipinski definition) is 2. The standard InChI is InChI=1S/C15H20BrNO2/c1-10-5-6-13(14(18)7-10)15(19)17-12-4-2-3-11(8-12)9-16/h5-7,11-12,18H,2-4,8-9H2,1H3,(H,17,19). The van der Waals surface area contributed by atoms with Crippen LogP contribution in [0.2, 0.25) is 0 Å². The minimum absolute atomic E-state index is 0.0605. The highest BCUT2D eigenvalue weighted by atomic mass is 79.9. The lowest BCUT2D eigenvalue weighted by atomic mass is 9.87. The number of amides is 1. The summed E-state index contributed by atoms with van der Waals surface area (Å²) in [4.78, 5) is 12.2. The lowest BCUT2D eigenvalue weighted by Gasteiger charge is -2.28. The van der Waals surface area contributed by atoms with Gasteiger partial charge in [0.2, 0.25) is 0 Å². The smallest absolute Gasteiger partial charge is 0.255 e. The second kappa shape index (κ2) is 6.42. The van der Waals surface area contributed by atoms with Crippen molar-refractivity contribution in [1.82, 2.24) is 5.32 Å². The fraction of sp³-hybridized carbons (Fsp3) is 0.533. The Balaban J connectivity index is 2.00. The van der Waals surface area contributed by atoms with Crippen molar-refractivity contribution in [3.8, 4) is 5.75 Å². The number of halogens is 1. The topological polar surface area (TPSA) is 49.3 Å². The number of alkyl halides is 1. The Labute approximate surface area is 122 Å². The van der Waals surface area contributed by atoms with Gasteiger partial charge in [0.15, 0.2) is 0 Å². The Kier molecular flexibility index (Phi) is 4.86. The van der Waals surface area contributed by atoms with E-state index in [1.165, 1.54) is 6.42 Å². The monoisotopic (exact) mass is 325 g/mol. The third kappa shape index (κ3) is 3.72. The minimum Gasteiger partial charge on any atom is -0.507 e. The van der Waals surface area contributed by atoms with Crippen LogP contribution in [0.15, 0.2) is 18.2 Å². The predicted molar refractivity (Wildman–Crippen MR) is 79.9 cm³/mol. The number of carbonyl (C=O) groups is 1. The largest absolute Gasteiger partial charge is 0.507 e. The van der Waals surface area contributed by atoms with E-state index >= 15 is 0 Å². The van der Waals surface area contributed by atoms with Crippen molar-refractivity contribution in [3.05, 3.63) is 29.3 Å². The molecule has 19 heavy (non-hydrogen) atoms. The third-order valence-electron chi connectivity index (χ3n) is 3.73. The summed E-state index contributed by atoms with van der Waals surface area (Å²) in [7, 11) is 0. The van der Waals surface area contributed by atoms with E-state index < -0.39 is 0 Å². The molecule has 1 amide bonds. The molecule has 0 spiro atoms. The van der Waals surface area contributed by atoms with Crippen molar-refractivity contribution in [2.75, 3.05) is 5.33 Å². The van der Waals surface area contributed by atoms with Crippen LogP contribution in [0.4, 0.5) is 0 Å². The van der Waals surface area contributed by atoms with Gasteiger partial charge in [-0.25, -0.2) is 0 Å². The Bertz CT molecular complexity index is 461. The van der Waals surface area contributed by atoms with Gasteiger partial charge in [-0.05, 0) is 49.8 Å². The molecule has 0 heterocycles. The number of rotatable bonds is 3. The molecule has 0 aromatic heterocycles. The molecule has 0 saturated heterocycles. The van der Waals surface area contributed by atoms with E-state index in [0.717, 1.165) is 30.2 Å². The zero-order valence-corrected chi connectivity index (χ0v) is 12.7. The number of hydrogen-bond acceptors (Lipinski definition) is 2. The van der Waals surface area contributed by atoms with Crippen LogP contribution in [0.1, 0.15) is 41.6 Å². The molecule has 1 aromatic rings. The summed E-state index contributed by atoms with van der Waals surface area (Å²) in [5, 5.41) is 13.9. The molecule has 1 saturated carbocycles. The van der Waals surface area contributed by atoms with Gasteiger partial charge < -0.3 is 10.4 Å². The van der Waals surface area contributed by atoms with E-state index in [9.17, 15) is 9.90 Å². The summed E-state index contributed by atoms with van der Waals surface area (Å²) in [6, 6.07) is 5.38. The van der Waals surface area contributed by atoms with Crippen LogP contribution in [0.25, 0.3) is 0 Å². The summed E-state index contributed by atoms with van der Waals surface area (Å²) < 4.78 is 0. The molecule has 0 aliphatic heterocycles. The van der Waals surface area contributed by atoms with E-state index in [4.69, 9.17) is 0 Å². The van der Waals surface area contributed by atoms with Crippen LogP contribution in [-0.4, -0.2) is 22.4 Å². The summed E-state index contributed by atoms with van der Waals surface area (Å²) in [5.74, 6) is 0.536. The van der Waals surface area contributed by atoms with Crippen LogP contribution in [-0.2, 0) is 0 Å². The van der Waals surface area contributed by atoms with Gasteiger partial charge in [0.25, 0.3) is 5.91 Å². The first kappa shape index (κ1) is 14.4. The number of aromatic hydroxyl groups is 1. The van der Waals surface area contributed by atoms with E-state index in [0.29, 0.717) is 11.5 Å². The number of nitrogens with one attached hydrogen (secondary N) is 1. The second-order valence-corrected chi connectivity index (χ2v) is 6.03. The van der Waals surface area contributed by atoms with Gasteiger partial charge in [-0.1, -0.05) is 28.4 Å². The second-order valence-electron chi connectivity index (χ2n) is 5.38. The summed E-state index contributed by atoms with van der Waals surface area (Å²) in [6.45, 7) is 1.89. The van der Waals surface area contributed by atoms with Gasteiger partial charge in [-0.15, -0.1) is 0 Å².